The van der Waals surface area contributed by atoms with Gasteiger partial charge in [0.2, 0.25) is 11.8 Å². The molecule has 2 amide bonds. The van der Waals surface area contributed by atoms with E-state index in [-0.39, 0.29) is 46.6 Å². The fraction of sp³-hybridized carbons (Fsp3) is 0.241. The summed E-state index contributed by atoms with van der Waals surface area (Å²) in [5, 5.41) is 10.7. The number of allylic oxidation sites excluding steroid dienone is 6. The Kier molecular flexibility index (Phi) is 5.41. The number of nitrogens with zero attached hydrogens (tertiary/aromatic N) is 1. The molecule has 1 N–H and O–H groups in total. The van der Waals surface area contributed by atoms with Gasteiger partial charge < -0.3 is 5.11 Å². The first-order valence-corrected chi connectivity index (χ1v) is 12.7. The number of hydrogen-bond donors (Lipinski definition) is 1. The van der Waals surface area contributed by atoms with Gasteiger partial charge in [0.15, 0.2) is 11.6 Å². The second kappa shape index (κ2) is 8.52. The lowest BCUT2D eigenvalue weighted by Crippen LogP contribution is -2.39. The van der Waals surface area contributed by atoms with Gasteiger partial charge in [-0.1, -0.05) is 60.2 Å². The van der Waals surface area contributed by atoms with Gasteiger partial charge in [-0.2, -0.15) is 0 Å². The van der Waals surface area contributed by atoms with Crippen molar-refractivity contribution in [2.24, 2.45) is 17.8 Å². The van der Waals surface area contributed by atoms with Crippen LogP contribution in [-0.2, 0) is 25.7 Å². The molecule has 4 aliphatic rings. The number of hydrogen-bond acceptors (Lipinski definition) is 5. The number of para-hydroxylation sites is 1. The normalized spacial score (nSPS) is 27.4. The number of phenols is 1. The minimum Gasteiger partial charge on any atom is -0.508 e. The number of amides is 2. The largest absolute Gasteiger partial charge is 0.508 e. The van der Waals surface area contributed by atoms with Crippen molar-refractivity contribution in [1.29, 1.82) is 0 Å². The van der Waals surface area contributed by atoms with Crippen LogP contribution in [0.1, 0.15) is 29.9 Å². The van der Waals surface area contributed by atoms with E-state index < -0.39 is 23.7 Å². The number of carbonyl (C=O) groups is 4. The summed E-state index contributed by atoms with van der Waals surface area (Å²) in [4.78, 5) is 54.9. The first-order valence-electron chi connectivity index (χ1n) is 11.9. The number of likely N-dealkylation sites (tertiary alicyclic amines) is 1. The molecule has 7 heteroatoms. The molecule has 0 aromatic heterocycles. The summed E-state index contributed by atoms with van der Waals surface area (Å²) in [5.41, 5.74) is 2.92. The third kappa shape index (κ3) is 3.37. The zero-order valence-corrected chi connectivity index (χ0v) is 20.8. The third-order valence-electron chi connectivity index (χ3n) is 7.85. The fourth-order valence-corrected chi connectivity index (χ4v) is 6.73. The van der Waals surface area contributed by atoms with E-state index in [4.69, 9.17) is 0 Å². The van der Waals surface area contributed by atoms with Gasteiger partial charge in [0.05, 0.1) is 22.9 Å². The molecule has 0 radical (unpaired) electrons. The second-order valence-corrected chi connectivity index (χ2v) is 10.6. The highest BCUT2D eigenvalue weighted by molar-refractivity contribution is 9.12. The van der Waals surface area contributed by atoms with E-state index in [1.165, 1.54) is 11.0 Å². The predicted molar refractivity (Wildman–Crippen MR) is 135 cm³/mol. The number of benzene rings is 2. The monoisotopic (exact) mass is 543 g/mol. The highest BCUT2D eigenvalue weighted by Crippen LogP contribution is 2.56. The molecule has 2 aromatic rings. The van der Waals surface area contributed by atoms with Gasteiger partial charge in [0, 0.05) is 28.7 Å². The van der Waals surface area contributed by atoms with Crippen molar-refractivity contribution in [3.63, 3.8) is 0 Å². The number of fused-ring (bicyclic) bond motifs is 3. The van der Waals surface area contributed by atoms with E-state index in [0.29, 0.717) is 23.1 Å². The molecule has 0 saturated carbocycles. The van der Waals surface area contributed by atoms with Gasteiger partial charge in [-0.05, 0) is 46.3 Å². The Labute approximate surface area is 216 Å². The highest BCUT2D eigenvalue weighted by atomic mass is 79.9. The van der Waals surface area contributed by atoms with E-state index in [9.17, 15) is 24.3 Å². The molecule has 1 heterocycles. The smallest absolute Gasteiger partial charge is 0.234 e. The third-order valence-corrected chi connectivity index (χ3v) is 8.44. The maximum Gasteiger partial charge on any atom is 0.234 e. The van der Waals surface area contributed by atoms with Gasteiger partial charge in [0.1, 0.15) is 5.75 Å². The summed E-state index contributed by atoms with van der Waals surface area (Å²) in [6.07, 6.45) is 3.82. The van der Waals surface area contributed by atoms with Crippen molar-refractivity contribution in [2.45, 2.75) is 25.3 Å². The maximum atomic E-state index is 13.7. The van der Waals surface area contributed by atoms with E-state index in [0.717, 1.165) is 11.1 Å². The van der Waals surface area contributed by atoms with Crippen LogP contribution >= 0.6 is 15.9 Å². The average molecular weight is 544 g/mol. The summed E-state index contributed by atoms with van der Waals surface area (Å²) < 4.78 is 0.182. The van der Waals surface area contributed by atoms with Crippen molar-refractivity contribution in [2.75, 3.05) is 0 Å². The molecular formula is C29H22BrNO5. The summed E-state index contributed by atoms with van der Waals surface area (Å²) in [6, 6.07) is 16.2. The van der Waals surface area contributed by atoms with E-state index in [1.54, 1.807) is 24.3 Å². The quantitative estimate of drug-likeness (QED) is 0.353. The molecule has 4 atom stereocenters. The Bertz CT molecular complexity index is 1440. The summed E-state index contributed by atoms with van der Waals surface area (Å²) >= 11 is 3.22. The maximum absolute atomic E-state index is 13.7. The minimum absolute atomic E-state index is 0.0198. The Morgan fingerprint density at radius 1 is 0.917 bits per heavy atom. The first kappa shape index (κ1) is 22.9. The standard InChI is InChI=1S/C29H22BrNO5/c30-21-13-23(33)26-20(27(21)34)12-19-16(24(26)17-8-4-5-9-22(17)32)10-11-18-25(19)29(36)31(28(18)35)14-15-6-2-1-3-7-15/h1-10,13,18-19,24-25,32H,11-12,14H2/t18-,19+,24+,25-/m0/s1. The molecule has 1 aliphatic heterocycles. The van der Waals surface area contributed by atoms with E-state index in [1.807, 2.05) is 36.4 Å². The Morgan fingerprint density at radius 2 is 1.64 bits per heavy atom. The van der Waals surface area contributed by atoms with Gasteiger partial charge in [-0.15, -0.1) is 0 Å². The Morgan fingerprint density at radius 3 is 2.39 bits per heavy atom. The molecular weight excluding hydrogens is 522 g/mol. The number of imide groups is 1. The zero-order chi connectivity index (χ0) is 25.1. The molecule has 0 unspecified atom stereocenters. The molecule has 6 nitrogen and oxygen atoms in total. The molecule has 180 valence electrons. The van der Waals surface area contributed by atoms with Crippen LogP contribution in [0.4, 0.5) is 0 Å². The van der Waals surface area contributed by atoms with Gasteiger partial charge >= 0.3 is 0 Å². The molecule has 1 saturated heterocycles. The highest BCUT2D eigenvalue weighted by Gasteiger charge is 2.56. The van der Waals surface area contributed by atoms with Crippen LogP contribution in [0.15, 0.2) is 88.0 Å². The summed E-state index contributed by atoms with van der Waals surface area (Å²) in [6.45, 7) is 0.204. The SMILES string of the molecule is O=C1C=C(Br)C(=O)C2=C1[C@@H](c1ccccc1O)C1=CC[C@@H]3C(=O)N(Cc4ccccc4)C(=O)[C@@H]3[C@@H]1C2. The van der Waals surface area contributed by atoms with E-state index in [2.05, 4.69) is 15.9 Å². The van der Waals surface area contributed by atoms with Crippen LogP contribution in [0.3, 0.4) is 0 Å². The summed E-state index contributed by atoms with van der Waals surface area (Å²) in [7, 11) is 0. The van der Waals surface area contributed by atoms with Crippen LogP contribution in [-0.4, -0.2) is 33.4 Å². The molecule has 6 rings (SSSR count). The minimum atomic E-state index is -0.653. The number of aromatic hydroxyl groups is 1. The number of rotatable bonds is 3. The number of halogens is 1. The molecule has 0 bridgehead atoms. The fourth-order valence-electron chi connectivity index (χ4n) is 6.28. The van der Waals surface area contributed by atoms with Gasteiger partial charge in [-0.25, -0.2) is 0 Å². The van der Waals surface area contributed by atoms with Crippen molar-refractivity contribution in [3.05, 3.63) is 99.1 Å². The van der Waals surface area contributed by atoms with Crippen LogP contribution < -0.4 is 0 Å². The van der Waals surface area contributed by atoms with Crippen molar-refractivity contribution in [1.82, 2.24) is 4.90 Å². The molecule has 0 spiro atoms. The van der Waals surface area contributed by atoms with Crippen molar-refractivity contribution >= 4 is 39.3 Å². The van der Waals surface area contributed by atoms with Gasteiger partial charge in [0.25, 0.3) is 0 Å². The van der Waals surface area contributed by atoms with Crippen LogP contribution in [0.5, 0.6) is 5.75 Å². The van der Waals surface area contributed by atoms with Crippen molar-refractivity contribution < 1.29 is 24.3 Å². The van der Waals surface area contributed by atoms with Crippen molar-refractivity contribution in [3.8, 4) is 5.75 Å². The van der Waals surface area contributed by atoms with Gasteiger partial charge in [-0.3, -0.25) is 24.1 Å². The van der Waals surface area contributed by atoms with Crippen LogP contribution in [0.25, 0.3) is 0 Å². The Hall–Kier alpha value is -3.58. The zero-order valence-electron chi connectivity index (χ0n) is 19.2. The number of carbonyl (C=O) groups excluding carboxylic acids is 4. The summed E-state index contributed by atoms with van der Waals surface area (Å²) in [5.74, 6) is -3.18. The topological polar surface area (TPSA) is 91.8 Å². The van der Waals surface area contributed by atoms with Crippen LogP contribution in [0, 0.1) is 17.8 Å². The number of phenolic OH excluding ortho intramolecular Hbond substituents is 1. The number of ketones is 2. The lowest BCUT2D eigenvalue weighted by molar-refractivity contribution is -0.140. The number of Topliss-reactive ketones (excluding diaryl/α,β-unsaturated/α-hetero) is 1. The molecule has 36 heavy (non-hydrogen) atoms. The first-order chi connectivity index (χ1) is 17.4. The molecule has 1 fully saturated rings. The molecule has 3 aliphatic carbocycles. The lowest BCUT2D eigenvalue weighted by Gasteiger charge is -2.42. The molecule has 2 aromatic carbocycles. The Balaban J connectivity index is 1.45. The van der Waals surface area contributed by atoms with E-state index >= 15 is 0 Å². The lowest BCUT2D eigenvalue weighted by atomic mass is 9.59. The second-order valence-electron chi connectivity index (χ2n) is 9.70. The van der Waals surface area contributed by atoms with Crippen LogP contribution in [0.2, 0.25) is 0 Å². The predicted octanol–water partition coefficient (Wildman–Crippen LogP) is 4.35. The average Bonchev–Trinajstić information content (AvgIpc) is 3.12.